The van der Waals surface area contributed by atoms with Gasteiger partial charge in [0.05, 0.1) is 18.4 Å². The largest absolute Gasteiger partial charge is 0.495 e. The Balaban J connectivity index is 1.33. The number of methoxy groups -OCH3 is 1. The highest BCUT2D eigenvalue weighted by atomic mass is 16.5. The number of benzene rings is 2. The Morgan fingerprint density at radius 2 is 1.83 bits per heavy atom. The van der Waals surface area contributed by atoms with Gasteiger partial charge >= 0.3 is 12.1 Å². The molecule has 0 fully saturated rings. The monoisotopic (exact) mass is 468 g/mol. The molecule has 9 heteroatoms. The maximum absolute atomic E-state index is 12.6. The Morgan fingerprint density at radius 3 is 2.54 bits per heavy atom. The smallest absolute Gasteiger partial charge is 0.323 e. The molecule has 0 radical (unpaired) electrons. The lowest BCUT2D eigenvalue weighted by molar-refractivity contribution is 0.217. The molecule has 2 aromatic carbocycles. The first-order valence-corrected chi connectivity index (χ1v) is 11.0. The number of amides is 4. The number of carbonyl (C=O) groups excluding carboxylic acids is 2. The topological polar surface area (TPSA) is 119 Å². The zero-order valence-electron chi connectivity index (χ0n) is 19.1. The van der Waals surface area contributed by atoms with Gasteiger partial charge in [0, 0.05) is 25.0 Å². The van der Waals surface area contributed by atoms with Gasteiger partial charge in [-0.1, -0.05) is 30.3 Å². The quantitative estimate of drug-likeness (QED) is 0.491. The first-order valence-electron chi connectivity index (χ1n) is 11.0. The number of nitrogens with zero attached hydrogens (tertiary/aromatic N) is 3. The van der Waals surface area contributed by atoms with Gasteiger partial charge < -0.3 is 20.3 Å². The molecule has 0 bridgehead atoms. The van der Waals surface area contributed by atoms with Crippen LogP contribution >= 0.6 is 0 Å². The van der Waals surface area contributed by atoms with Crippen molar-refractivity contribution in [2.24, 2.45) is 0 Å². The van der Waals surface area contributed by atoms with E-state index in [2.05, 4.69) is 20.9 Å². The molecule has 4 rings (SSSR count). The highest BCUT2D eigenvalue weighted by Crippen LogP contribution is 2.25. The van der Waals surface area contributed by atoms with Crippen molar-refractivity contribution in [1.82, 2.24) is 9.88 Å². The van der Waals surface area contributed by atoms with Crippen LogP contribution in [0.25, 0.3) is 5.57 Å². The van der Waals surface area contributed by atoms with Crippen LogP contribution in [0.2, 0.25) is 0 Å². The average molecular weight is 469 g/mol. The zero-order valence-corrected chi connectivity index (χ0v) is 19.1. The Hall–Kier alpha value is -4.84. The molecule has 0 saturated heterocycles. The number of aromatic nitrogens is 1. The molecule has 1 aliphatic heterocycles. The molecule has 0 unspecified atom stereocenters. The van der Waals surface area contributed by atoms with Gasteiger partial charge in [-0.2, -0.15) is 5.26 Å². The number of carbonyl (C=O) groups is 2. The van der Waals surface area contributed by atoms with Gasteiger partial charge in [-0.25, -0.2) is 14.6 Å². The summed E-state index contributed by atoms with van der Waals surface area (Å²) in [5, 5.41) is 17.5. The summed E-state index contributed by atoms with van der Waals surface area (Å²) >= 11 is 0. The highest BCUT2D eigenvalue weighted by molar-refractivity contribution is 6.00. The number of rotatable bonds is 5. The maximum atomic E-state index is 12.6. The first kappa shape index (κ1) is 23.3. The van der Waals surface area contributed by atoms with Gasteiger partial charge in [-0.15, -0.1) is 0 Å². The summed E-state index contributed by atoms with van der Waals surface area (Å²) in [5.74, 6) is 0.836. The van der Waals surface area contributed by atoms with E-state index in [0.717, 1.165) is 11.1 Å². The fourth-order valence-corrected chi connectivity index (χ4v) is 3.69. The second-order valence-electron chi connectivity index (χ2n) is 7.72. The molecular formula is C26H24N6O3. The Labute approximate surface area is 203 Å². The number of urea groups is 2. The van der Waals surface area contributed by atoms with E-state index in [-0.39, 0.29) is 17.9 Å². The van der Waals surface area contributed by atoms with Crippen LogP contribution < -0.4 is 20.7 Å². The van der Waals surface area contributed by atoms with Crippen LogP contribution in [0.5, 0.6) is 5.75 Å². The molecule has 35 heavy (non-hydrogen) atoms. The van der Waals surface area contributed by atoms with Crippen molar-refractivity contribution in [3.05, 3.63) is 84.1 Å². The van der Waals surface area contributed by atoms with Crippen molar-refractivity contribution in [3.8, 4) is 11.8 Å². The number of ether oxygens (including phenoxy) is 1. The van der Waals surface area contributed by atoms with Crippen molar-refractivity contribution in [2.75, 3.05) is 36.1 Å². The SMILES string of the molecule is COc1ccccc1NC(=O)Nc1ccc(C2=CCN(C(=O)Nc3ncccc3C#N)CC2)cc1. The molecule has 0 atom stereocenters. The number of pyridine rings is 1. The summed E-state index contributed by atoms with van der Waals surface area (Å²) in [6.45, 7) is 0.977. The molecule has 1 aliphatic rings. The van der Waals surface area contributed by atoms with Gasteiger partial charge in [0.25, 0.3) is 0 Å². The number of hydrogen-bond acceptors (Lipinski definition) is 5. The van der Waals surface area contributed by atoms with E-state index in [1.807, 2.05) is 48.5 Å². The van der Waals surface area contributed by atoms with Gasteiger partial charge in [0.1, 0.15) is 11.8 Å². The summed E-state index contributed by atoms with van der Waals surface area (Å²) in [4.78, 5) is 30.7. The average Bonchev–Trinajstić information content (AvgIpc) is 2.90. The van der Waals surface area contributed by atoms with Crippen molar-refractivity contribution in [3.63, 3.8) is 0 Å². The van der Waals surface area contributed by atoms with E-state index in [1.54, 1.807) is 36.3 Å². The van der Waals surface area contributed by atoms with Crippen LogP contribution in [0.3, 0.4) is 0 Å². The van der Waals surface area contributed by atoms with Crippen LogP contribution in [0.15, 0.2) is 72.9 Å². The second-order valence-corrected chi connectivity index (χ2v) is 7.72. The summed E-state index contributed by atoms with van der Waals surface area (Å²) in [7, 11) is 1.55. The minimum atomic E-state index is -0.367. The van der Waals surface area contributed by atoms with E-state index in [9.17, 15) is 9.59 Å². The maximum Gasteiger partial charge on any atom is 0.323 e. The lowest BCUT2D eigenvalue weighted by atomic mass is 9.99. The van der Waals surface area contributed by atoms with Crippen molar-refractivity contribution >= 4 is 34.8 Å². The van der Waals surface area contributed by atoms with Gasteiger partial charge in [-0.3, -0.25) is 5.32 Å². The van der Waals surface area contributed by atoms with Gasteiger partial charge in [0.2, 0.25) is 0 Å². The molecule has 0 aliphatic carbocycles. The van der Waals surface area contributed by atoms with Crippen molar-refractivity contribution in [1.29, 1.82) is 5.26 Å². The number of nitrogens with one attached hydrogen (secondary N) is 3. The fraction of sp³-hybridized carbons (Fsp3) is 0.154. The van der Waals surface area contributed by atoms with Gasteiger partial charge in [0.15, 0.2) is 5.82 Å². The van der Waals surface area contributed by atoms with Crippen LogP contribution in [0.4, 0.5) is 26.8 Å². The number of hydrogen-bond donors (Lipinski definition) is 3. The minimum absolute atomic E-state index is 0.257. The van der Waals surface area contributed by atoms with Crippen LogP contribution in [-0.4, -0.2) is 42.1 Å². The summed E-state index contributed by atoms with van der Waals surface area (Å²) in [6, 6.07) is 19.3. The molecule has 3 aromatic rings. The summed E-state index contributed by atoms with van der Waals surface area (Å²) in [5.41, 5.74) is 3.70. The number of anilines is 3. The second kappa shape index (κ2) is 10.9. The normalized spacial score (nSPS) is 12.7. The van der Waals surface area contributed by atoms with Crippen LogP contribution in [0, 0.1) is 11.3 Å². The molecule has 1 aromatic heterocycles. The molecule has 2 heterocycles. The Bertz CT molecular complexity index is 1300. The third-order valence-electron chi connectivity index (χ3n) is 5.52. The molecule has 9 nitrogen and oxygen atoms in total. The minimum Gasteiger partial charge on any atom is -0.495 e. The molecule has 0 spiro atoms. The number of para-hydroxylation sites is 2. The summed E-state index contributed by atoms with van der Waals surface area (Å²) in [6.07, 6.45) is 4.22. The fourth-order valence-electron chi connectivity index (χ4n) is 3.69. The summed E-state index contributed by atoms with van der Waals surface area (Å²) < 4.78 is 5.25. The van der Waals surface area contributed by atoms with Crippen molar-refractivity contribution in [2.45, 2.75) is 6.42 Å². The highest BCUT2D eigenvalue weighted by Gasteiger charge is 2.19. The predicted octanol–water partition coefficient (Wildman–Crippen LogP) is 4.93. The lowest BCUT2D eigenvalue weighted by Crippen LogP contribution is -2.38. The predicted molar refractivity (Wildman–Crippen MR) is 134 cm³/mol. The van der Waals surface area contributed by atoms with Gasteiger partial charge in [-0.05, 0) is 54.0 Å². The van der Waals surface area contributed by atoms with Crippen molar-refractivity contribution < 1.29 is 14.3 Å². The zero-order chi connectivity index (χ0) is 24.6. The van der Waals surface area contributed by atoms with Crippen LogP contribution in [0.1, 0.15) is 17.5 Å². The third kappa shape index (κ3) is 5.75. The number of nitriles is 1. The molecule has 0 saturated carbocycles. The molecule has 4 amide bonds. The van der Waals surface area contributed by atoms with E-state index in [0.29, 0.717) is 42.2 Å². The Morgan fingerprint density at radius 1 is 1.03 bits per heavy atom. The van der Waals surface area contributed by atoms with E-state index in [1.165, 1.54) is 6.20 Å². The lowest BCUT2D eigenvalue weighted by Gasteiger charge is -2.27. The molecule has 176 valence electrons. The van der Waals surface area contributed by atoms with Crippen LogP contribution in [-0.2, 0) is 0 Å². The van der Waals surface area contributed by atoms with E-state index < -0.39 is 0 Å². The van der Waals surface area contributed by atoms with E-state index in [4.69, 9.17) is 10.00 Å². The molecular weight excluding hydrogens is 444 g/mol. The Kier molecular flexibility index (Phi) is 7.23. The first-order chi connectivity index (χ1) is 17.1. The van der Waals surface area contributed by atoms with E-state index >= 15 is 0 Å². The molecule has 3 N–H and O–H groups in total. The standard InChI is InChI=1S/C26H24N6O3/c1-35-23-7-3-2-6-22(23)30-25(33)29-21-10-8-18(9-11-21)19-12-15-32(16-13-19)26(34)31-24-20(17-27)5-4-14-28-24/h2-12,14H,13,15-16H2,1H3,(H,28,31,34)(H2,29,30,33). The third-order valence-corrected chi connectivity index (χ3v) is 5.52.